The minimum absolute atomic E-state index is 0.150. The van der Waals surface area contributed by atoms with Crippen LogP contribution in [0.15, 0.2) is 36.5 Å². The van der Waals surface area contributed by atoms with Crippen molar-refractivity contribution in [3.63, 3.8) is 0 Å². The van der Waals surface area contributed by atoms with E-state index in [9.17, 15) is 9.90 Å². The van der Waals surface area contributed by atoms with E-state index in [2.05, 4.69) is 11.5 Å². The largest absolute Gasteiger partial charge is 0.386 e. The first-order valence-electron chi connectivity index (χ1n) is 6.22. The molecule has 0 bridgehead atoms. The van der Waals surface area contributed by atoms with Crippen LogP contribution in [0.3, 0.4) is 0 Å². The summed E-state index contributed by atoms with van der Waals surface area (Å²) in [5, 5.41) is 18.3. The fourth-order valence-electron chi connectivity index (χ4n) is 1.22. The minimum atomic E-state index is -0.914. The zero-order valence-corrected chi connectivity index (χ0v) is 12.1. The van der Waals surface area contributed by atoms with Gasteiger partial charge < -0.3 is 5.11 Å². The molecule has 0 aliphatic heterocycles. The molecule has 0 aromatic heterocycles. The molecule has 0 heterocycles. The summed E-state index contributed by atoms with van der Waals surface area (Å²) >= 11 is 0. The molecule has 4 heteroatoms. The summed E-state index contributed by atoms with van der Waals surface area (Å²) in [5.74, 6) is -0.150. The van der Waals surface area contributed by atoms with Gasteiger partial charge in [0.15, 0.2) is 5.78 Å². The van der Waals surface area contributed by atoms with Crippen LogP contribution in [0.1, 0.15) is 40.5 Å². The van der Waals surface area contributed by atoms with E-state index >= 15 is 0 Å². The van der Waals surface area contributed by atoms with Gasteiger partial charge in [-0.25, -0.2) is 4.89 Å². The van der Waals surface area contributed by atoms with Gasteiger partial charge in [-0.3, -0.25) is 10.1 Å². The molecule has 0 fully saturated rings. The van der Waals surface area contributed by atoms with Gasteiger partial charge in [0, 0.05) is 0 Å². The SMILES string of the molecule is C=C[C@@](C)(O)CC/C=C(\C)C(=O)/C=C/C(C)(C)OO. The number of aliphatic hydroxyl groups is 1. The van der Waals surface area contributed by atoms with E-state index in [1.165, 1.54) is 18.2 Å². The Morgan fingerprint density at radius 2 is 1.95 bits per heavy atom. The summed E-state index contributed by atoms with van der Waals surface area (Å²) < 4.78 is 0. The number of hydrogen-bond acceptors (Lipinski definition) is 4. The second kappa shape index (κ2) is 7.38. The summed E-state index contributed by atoms with van der Waals surface area (Å²) in [5.41, 5.74) is -1.21. The van der Waals surface area contributed by atoms with E-state index in [4.69, 9.17) is 5.26 Å². The molecule has 1 atom stereocenters. The van der Waals surface area contributed by atoms with Crippen molar-refractivity contribution in [3.05, 3.63) is 36.5 Å². The van der Waals surface area contributed by atoms with Gasteiger partial charge in [-0.05, 0) is 58.3 Å². The van der Waals surface area contributed by atoms with Crippen LogP contribution in [0.25, 0.3) is 0 Å². The van der Waals surface area contributed by atoms with Gasteiger partial charge in [-0.2, -0.15) is 0 Å². The number of carbonyl (C=O) groups is 1. The predicted octanol–water partition coefficient (Wildman–Crippen LogP) is 3.04. The van der Waals surface area contributed by atoms with Crippen molar-refractivity contribution in [2.45, 2.75) is 51.7 Å². The monoisotopic (exact) mass is 268 g/mol. The Morgan fingerprint density at radius 1 is 1.37 bits per heavy atom. The third-order valence-electron chi connectivity index (χ3n) is 2.80. The summed E-state index contributed by atoms with van der Waals surface area (Å²) in [6.07, 6.45) is 7.22. The summed E-state index contributed by atoms with van der Waals surface area (Å²) in [6, 6.07) is 0. The maximum atomic E-state index is 11.8. The lowest BCUT2D eigenvalue weighted by Gasteiger charge is -2.16. The summed E-state index contributed by atoms with van der Waals surface area (Å²) in [7, 11) is 0. The molecule has 0 unspecified atom stereocenters. The zero-order valence-electron chi connectivity index (χ0n) is 12.1. The lowest BCUT2D eigenvalue weighted by Crippen LogP contribution is -2.19. The van der Waals surface area contributed by atoms with Crippen LogP contribution in [0.4, 0.5) is 0 Å². The first-order valence-corrected chi connectivity index (χ1v) is 6.22. The minimum Gasteiger partial charge on any atom is -0.386 e. The Morgan fingerprint density at radius 3 is 2.42 bits per heavy atom. The second-order valence-corrected chi connectivity index (χ2v) is 5.38. The first kappa shape index (κ1) is 17.8. The summed E-state index contributed by atoms with van der Waals surface area (Å²) in [6.45, 7) is 10.2. The van der Waals surface area contributed by atoms with Gasteiger partial charge in [-0.15, -0.1) is 6.58 Å². The van der Waals surface area contributed by atoms with Gasteiger partial charge >= 0.3 is 0 Å². The molecule has 0 rings (SSSR count). The van der Waals surface area contributed by atoms with E-state index in [1.807, 2.05) is 0 Å². The van der Waals surface area contributed by atoms with E-state index in [0.29, 0.717) is 18.4 Å². The van der Waals surface area contributed by atoms with Crippen LogP contribution in [-0.4, -0.2) is 27.3 Å². The van der Waals surface area contributed by atoms with Gasteiger partial charge in [0.2, 0.25) is 0 Å². The lowest BCUT2D eigenvalue weighted by atomic mass is 9.99. The molecule has 0 radical (unpaired) electrons. The Hall–Kier alpha value is -1.23. The molecular weight excluding hydrogens is 244 g/mol. The van der Waals surface area contributed by atoms with Gasteiger partial charge in [0.1, 0.15) is 5.60 Å². The molecule has 0 saturated heterocycles. The maximum Gasteiger partial charge on any atom is 0.181 e. The molecule has 0 saturated carbocycles. The topological polar surface area (TPSA) is 66.8 Å². The highest BCUT2D eigenvalue weighted by Gasteiger charge is 2.15. The predicted molar refractivity (Wildman–Crippen MR) is 75.8 cm³/mol. The van der Waals surface area contributed by atoms with Crippen molar-refractivity contribution in [1.29, 1.82) is 0 Å². The number of carbonyl (C=O) groups excluding carboxylic acids is 1. The number of ketones is 1. The van der Waals surface area contributed by atoms with Crippen LogP contribution in [0.5, 0.6) is 0 Å². The van der Waals surface area contributed by atoms with Crippen LogP contribution >= 0.6 is 0 Å². The van der Waals surface area contributed by atoms with Crippen LogP contribution in [0, 0.1) is 0 Å². The van der Waals surface area contributed by atoms with E-state index < -0.39 is 11.2 Å². The molecule has 0 aliphatic carbocycles. The van der Waals surface area contributed by atoms with E-state index in [0.717, 1.165) is 0 Å². The van der Waals surface area contributed by atoms with E-state index in [1.54, 1.807) is 33.8 Å². The molecule has 0 spiro atoms. The number of hydrogen-bond donors (Lipinski definition) is 2. The van der Waals surface area contributed by atoms with Crippen molar-refractivity contribution in [3.8, 4) is 0 Å². The molecule has 4 nitrogen and oxygen atoms in total. The van der Waals surface area contributed by atoms with E-state index in [-0.39, 0.29) is 5.78 Å². The first-order chi connectivity index (χ1) is 8.63. The highest BCUT2D eigenvalue weighted by molar-refractivity contribution is 6.03. The van der Waals surface area contributed by atoms with Gasteiger partial charge in [0.25, 0.3) is 0 Å². The van der Waals surface area contributed by atoms with Crippen LogP contribution < -0.4 is 0 Å². The van der Waals surface area contributed by atoms with Crippen molar-refractivity contribution in [2.24, 2.45) is 0 Å². The maximum absolute atomic E-state index is 11.8. The Balaban J connectivity index is 4.46. The Bertz CT molecular complexity index is 376. The van der Waals surface area contributed by atoms with Crippen LogP contribution in [-0.2, 0) is 9.68 Å². The third kappa shape index (κ3) is 7.72. The van der Waals surface area contributed by atoms with Crippen molar-refractivity contribution in [1.82, 2.24) is 0 Å². The number of rotatable bonds is 8. The van der Waals surface area contributed by atoms with Crippen LogP contribution in [0.2, 0.25) is 0 Å². The quantitative estimate of drug-likeness (QED) is 0.307. The highest BCUT2D eigenvalue weighted by atomic mass is 17.1. The standard InChI is InChI=1S/C15H24O4/c1-6-15(5,17)10-7-8-12(2)13(16)9-11-14(3,4)19-18/h6,8-9,11,17-18H,1,7,10H2,2-5H3/b11-9+,12-8+/t15-/m1/s1. The average molecular weight is 268 g/mol. The number of allylic oxidation sites excluding steroid dienone is 3. The fourth-order valence-corrected chi connectivity index (χ4v) is 1.22. The second-order valence-electron chi connectivity index (χ2n) is 5.38. The van der Waals surface area contributed by atoms with Gasteiger partial charge in [0.05, 0.1) is 5.60 Å². The fraction of sp³-hybridized carbons (Fsp3) is 0.533. The zero-order chi connectivity index (χ0) is 15.1. The molecular formula is C15H24O4. The normalized spacial score (nSPS) is 16.4. The molecule has 0 amide bonds. The molecule has 2 N–H and O–H groups in total. The summed E-state index contributed by atoms with van der Waals surface area (Å²) in [4.78, 5) is 16.0. The molecule has 0 aliphatic rings. The molecule has 19 heavy (non-hydrogen) atoms. The third-order valence-corrected chi connectivity index (χ3v) is 2.80. The lowest BCUT2D eigenvalue weighted by molar-refractivity contribution is -0.297. The Kier molecular flexibility index (Phi) is 6.90. The molecule has 0 aromatic rings. The Labute approximate surface area is 115 Å². The van der Waals surface area contributed by atoms with Gasteiger partial charge in [-0.1, -0.05) is 12.2 Å². The molecule has 0 aromatic carbocycles. The van der Waals surface area contributed by atoms with Crippen molar-refractivity contribution >= 4 is 5.78 Å². The average Bonchev–Trinajstić information content (AvgIpc) is 2.35. The smallest absolute Gasteiger partial charge is 0.181 e. The molecule has 108 valence electrons. The van der Waals surface area contributed by atoms with Crippen molar-refractivity contribution in [2.75, 3.05) is 0 Å². The highest BCUT2D eigenvalue weighted by Crippen LogP contribution is 2.15. The van der Waals surface area contributed by atoms with Crippen molar-refractivity contribution < 1.29 is 20.0 Å².